The normalized spacial score (nSPS) is 30.8. The van der Waals surface area contributed by atoms with Crippen LogP contribution in [0.3, 0.4) is 0 Å². The van der Waals surface area contributed by atoms with E-state index in [0.29, 0.717) is 6.42 Å². The first kappa shape index (κ1) is 10.7. The standard InChI is InChI=1S/C13H19NO/c1-9-5-10(2)7-11(6-9)13(15)4-3-12(14)8-13/h5-7,12,15H,3-4,8,14H2,1-2H3. The fraction of sp³-hybridized carbons (Fsp3) is 0.538. The molecule has 0 bridgehead atoms. The number of aryl methyl sites for hydroxylation is 2. The number of benzene rings is 1. The van der Waals surface area contributed by atoms with Gasteiger partial charge in [0, 0.05) is 6.04 Å². The zero-order valence-corrected chi connectivity index (χ0v) is 9.46. The molecule has 0 aliphatic heterocycles. The quantitative estimate of drug-likeness (QED) is 0.736. The highest BCUT2D eigenvalue weighted by Gasteiger charge is 2.37. The summed E-state index contributed by atoms with van der Waals surface area (Å²) in [5, 5.41) is 10.5. The summed E-state index contributed by atoms with van der Waals surface area (Å²) in [6.07, 6.45) is 2.40. The lowest BCUT2D eigenvalue weighted by Gasteiger charge is -2.24. The minimum atomic E-state index is -0.684. The SMILES string of the molecule is Cc1cc(C)cc(C2(O)CCC(N)C2)c1. The van der Waals surface area contributed by atoms with Crippen molar-refractivity contribution in [2.75, 3.05) is 0 Å². The molecule has 3 N–H and O–H groups in total. The Kier molecular flexibility index (Phi) is 2.57. The van der Waals surface area contributed by atoms with Crippen LogP contribution in [0, 0.1) is 13.8 Å². The predicted molar refractivity (Wildman–Crippen MR) is 61.6 cm³/mol. The molecule has 1 saturated carbocycles. The van der Waals surface area contributed by atoms with E-state index in [2.05, 4.69) is 32.0 Å². The number of rotatable bonds is 1. The molecule has 2 rings (SSSR count). The molecule has 1 aliphatic carbocycles. The Hall–Kier alpha value is -0.860. The molecule has 0 aromatic heterocycles. The first-order valence-electron chi connectivity index (χ1n) is 5.56. The summed E-state index contributed by atoms with van der Waals surface area (Å²) in [6, 6.07) is 6.42. The fourth-order valence-electron chi connectivity index (χ4n) is 2.57. The van der Waals surface area contributed by atoms with E-state index in [-0.39, 0.29) is 6.04 Å². The second-order valence-electron chi connectivity index (χ2n) is 4.91. The van der Waals surface area contributed by atoms with Crippen molar-refractivity contribution in [3.63, 3.8) is 0 Å². The minimum Gasteiger partial charge on any atom is -0.385 e. The summed E-state index contributed by atoms with van der Waals surface area (Å²) in [5.74, 6) is 0. The topological polar surface area (TPSA) is 46.2 Å². The summed E-state index contributed by atoms with van der Waals surface area (Å²) >= 11 is 0. The molecule has 82 valence electrons. The Labute approximate surface area is 91.1 Å². The smallest absolute Gasteiger partial charge is 0.0912 e. The summed E-state index contributed by atoms with van der Waals surface area (Å²) in [6.45, 7) is 4.13. The molecule has 0 spiro atoms. The second kappa shape index (κ2) is 3.62. The predicted octanol–water partition coefficient (Wildman–Crippen LogP) is 2.00. The first-order valence-corrected chi connectivity index (χ1v) is 5.56. The van der Waals surface area contributed by atoms with E-state index in [1.807, 2.05) is 0 Å². The minimum absolute atomic E-state index is 0.149. The third-order valence-electron chi connectivity index (χ3n) is 3.29. The highest BCUT2D eigenvalue weighted by atomic mass is 16.3. The number of nitrogens with two attached hydrogens (primary N) is 1. The van der Waals surface area contributed by atoms with Crippen LogP contribution in [-0.2, 0) is 5.60 Å². The van der Waals surface area contributed by atoms with Crippen LogP contribution in [0.2, 0.25) is 0 Å². The van der Waals surface area contributed by atoms with Gasteiger partial charge in [0.1, 0.15) is 0 Å². The molecule has 0 amide bonds. The molecule has 0 saturated heterocycles. The molecule has 2 heteroatoms. The molecule has 2 atom stereocenters. The zero-order valence-electron chi connectivity index (χ0n) is 9.46. The van der Waals surface area contributed by atoms with E-state index in [9.17, 15) is 5.11 Å². The van der Waals surface area contributed by atoms with Crippen molar-refractivity contribution >= 4 is 0 Å². The van der Waals surface area contributed by atoms with E-state index in [0.717, 1.165) is 18.4 Å². The lowest BCUT2D eigenvalue weighted by atomic mass is 9.89. The van der Waals surface area contributed by atoms with Crippen molar-refractivity contribution in [1.82, 2.24) is 0 Å². The van der Waals surface area contributed by atoms with Gasteiger partial charge in [-0.2, -0.15) is 0 Å². The fourth-order valence-corrected chi connectivity index (χ4v) is 2.57. The van der Waals surface area contributed by atoms with Gasteiger partial charge in [0.2, 0.25) is 0 Å². The highest BCUT2D eigenvalue weighted by Crippen LogP contribution is 2.38. The van der Waals surface area contributed by atoms with E-state index >= 15 is 0 Å². The van der Waals surface area contributed by atoms with E-state index in [1.165, 1.54) is 11.1 Å². The monoisotopic (exact) mass is 205 g/mol. The lowest BCUT2D eigenvalue weighted by Crippen LogP contribution is -2.25. The van der Waals surface area contributed by atoms with Crippen LogP contribution in [0.25, 0.3) is 0 Å². The Balaban J connectivity index is 2.36. The van der Waals surface area contributed by atoms with Gasteiger partial charge in [-0.25, -0.2) is 0 Å². The summed E-state index contributed by atoms with van der Waals surface area (Å²) in [7, 11) is 0. The Bertz CT molecular complexity index is 355. The second-order valence-corrected chi connectivity index (χ2v) is 4.91. The summed E-state index contributed by atoms with van der Waals surface area (Å²) in [5.41, 5.74) is 8.63. The molecule has 1 aromatic carbocycles. The van der Waals surface area contributed by atoms with E-state index in [1.54, 1.807) is 0 Å². The summed E-state index contributed by atoms with van der Waals surface area (Å²) < 4.78 is 0. The van der Waals surface area contributed by atoms with Crippen LogP contribution in [0.4, 0.5) is 0 Å². The van der Waals surface area contributed by atoms with Crippen LogP contribution in [-0.4, -0.2) is 11.1 Å². The maximum atomic E-state index is 10.5. The van der Waals surface area contributed by atoms with Gasteiger partial charge in [-0.05, 0) is 38.7 Å². The molecule has 2 unspecified atom stereocenters. The highest BCUT2D eigenvalue weighted by molar-refractivity contribution is 5.33. The largest absolute Gasteiger partial charge is 0.385 e. The average Bonchev–Trinajstić information content (AvgIpc) is 2.46. The van der Waals surface area contributed by atoms with Crippen molar-refractivity contribution in [3.8, 4) is 0 Å². The van der Waals surface area contributed by atoms with Crippen LogP contribution < -0.4 is 5.73 Å². The lowest BCUT2D eigenvalue weighted by molar-refractivity contribution is 0.0430. The molecular weight excluding hydrogens is 186 g/mol. The molecule has 1 fully saturated rings. The van der Waals surface area contributed by atoms with Gasteiger partial charge in [-0.3, -0.25) is 0 Å². The third-order valence-corrected chi connectivity index (χ3v) is 3.29. The number of hydrogen-bond donors (Lipinski definition) is 2. The van der Waals surface area contributed by atoms with Crippen molar-refractivity contribution in [3.05, 3.63) is 34.9 Å². The van der Waals surface area contributed by atoms with Crippen LogP contribution in [0.1, 0.15) is 36.0 Å². The van der Waals surface area contributed by atoms with Gasteiger partial charge in [0.25, 0.3) is 0 Å². The van der Waals surface area contributed by atoms with E-state index in [4.69, 9.17) is 5.73 Å². The van der Waals surface area contributed by atoms with Crippen LogP contribution in [0.5, 0.6) is 0 Å². The summed E-state index contributed by atoms with van der Waals surface area (Å²) in [4.78, 5) is 0. The maximum absolute atomic E-state index is 10.5. The van der Waals surface area contributed by atoms with Gasteiger partial charge >= 0.3 is 0 Å². The van der Waals surface area contributed by atoms with Crippen molar-refractivity contribution in [2.45, 2.75) is 44.8 Å². The van der Waals surface area contributed by atoms with Gasteiger partial charge in [0.15, 0.2) is 0 Å². The molecule has 15 heavy (non-hydrogen) atoms. The van der Waals surface area contributed by atoms with Crippen LogP contribution in [0.15, 0.2) is 18.2 Å². The number of hydrogen-bond acceptors (Lipinski definition) is 2. The van der Waals surface area contributed by atoms with Gasteiger partial charge in [0.05, 0.1) is 5.60 Å². The van der Waals surface area contributed by atoms with Crippen molar-refractivity contribution in [1.29, 1.82) is 0 Å². The third kappa shape index (κ3) is 2.06. The Morgan fingerprint density at radius 2 is 1.87 bits per heavy atom. The van der Waals surface area contributed by atoms with Crippen molar-refractivity contribution < 1.29 is 5.11 Å². The number of aliphatic hydroxyl groups is 1. The Morgan fingerprint density at radius 1 is 1.27 bits per heavy atom. The van der Waals surface area contributed by atoms with Crippen LogP contribution >= 0.6 is 0 Å². The molecule has 1 aliphatic rings. The van der Waals surface area contributed by atoms with Gasteiger partial charge < -0.3 is 10.8 Å². The van der Waals surface area contributed by atoms with Gasteiger partial charge in [-0.1, -0.05) is 29.3 Å². The molecule has 2 nitrogen and oxygen atoms in total. The van der Waals surface area contributed by atoms with Crippen molar-refractivity contribution in [2.24, 2.45) is 5.73 Å². The first-order chi connectivity index (χ1) is 6.99. The Morgan fingerprint density at radius 3 is 2.33 bits per heavy atom. The van der Waals surface area contributed by atoms with E-state index < -0.39 is 5.60 Å². The average molecular weight is 205 g/mol. The maximum Gasteiger partial charge on any atom is 0.0912 e. The molecule has 1 aromatic rings. The molecule has 0 radical (unpaired) electrons. The molecular formula is C13H19NO. The molecule has 0 heterocycles. The zero-order chi connectivity index (χ0) is 11.1. The van der Waals surface area contributed by atoms with Gasteiger partial charge in [-0.15, -0.1) is 0 Å².